The van der Waals surface area contributed by atoms with Crippen molar-refractivity contribution in [2.75, 3.05) is 10.5 Å². The largest absolute Gasteiger partial charge is 0.381 e. The Bertz CT molecular complexity index is 740. The van der Waals surface area contributed by atoms with Gasteiger partial charge >= 0.3 is 0 Å². The number of anilines is 2. The van der Waals surface area contributed by atoms with Gasteiger partial charge in [0.2, 0.25) is 0 Å². The highest BCUT2D eigenvalue weighted by atomic mass is 79.9. The summed E-state index contributed by atoms with van der Waals surface area (Å²) in [5.74, 6) is -0.0115. The van der Waals surface area contributed by atoms with Crippen LogP contribution in [0, 0.1) is 6.92 Å². The predicted molar refractivity (Wildman–Crippen MR) is 82.0 cm³/mol. The lowest BCUT2D eigenvalue weighted by Gasteiger charge is -2.09. The van der Waals surface area contributed by atoms with Gasteiger partial charge in [-0.15, -0.1) is 0 Å². The van der Waals surface area contributed by atoms with Gasteiger partial charge in [0.05, 0.1) is 5.69 Å². The van der Waals surface area contributed by atoms with E-state index in [1.54, 1.807) is 6.07 Å². The van der Waals surface area contributed by atoms with Gasteiger partial charge in [0.1, 0.15) is 4.90 Å². The topological polar surface area (TPSA) is 90.0 Å². The van der Waals surface area contributed by atoms with E-state index in [9.17, 15) is 8.42 Å². The minimum Gasteiger partial charge on any atom is -0.381 e. The first kappa shape index (κ1) is 14.9. The molecule has 2 rings (SSSR count). The smallest absolute Gasteiger partial charge is 0.267 e. The van der Waals surface area contributed by atoms with Crippen LogP contribution in [0.2, 0.25) is 0 Å². The van der Waals surface area contributed by atoms with E-state index in [-0.39, 0.29) is 10.7 Å². The van der Waals surface area contributed by atoms with Crippen molar-refractivity contribution in [1.29, 1.82) is 0 Å². The van der Waals surface area contributed by atoms with Gasteiger partial charge in [0.25, 0.3) is 10.0 Å². The average Bonchev–Trinajstić information content (AvgIpc) is 2.75. The summed E-state index contributed by atoms with van der Waals surface area (Å²) in [7, 11) is -3.76. The lowest BCUT2D eigenvalue weighted by molar-refractivity contribution is 0.600. The summed E-state index contributed by atoms with van der Waals surface area (Å²) in [6.07, 6.45) is 1.42. The van der Waals surface area contributed by atoms with Crippen molar-refractivity contribution in [2.24, 2.45) is 0 Å². The lowest BCUT2D eigenvalue weighted by Crippen LogP contribution is -2.14. The first-order valence-corrected chi connectivity index (χ1v) is 8.23. The number of hydrogen-bond donors (Lipinski definition) is 2. The van der Waals surface area contributed by atoms with Crippen LogP contribution >= 0.6 is 15.9 Å². The van der Waals surface area contributed by atoms with E-state index in [1.165, 1.54) is 10.9 Å². The zero-order valence-electron chi connectivity index (χ0n) is 11.1. The highest BCUT2D eigenvalue weighted by Crippen LogP contribution is 2.27. The van der Waals surface area contributed by atoms with Crippen molar-refractivity contribution in [3.63, 3.8) is 0 Å². The number of rotatable bonds is 4. The monoisotopic (exact) mass is 358 g/mol. The van der Waals surface area contributed by atoms with Gasteiger partial charge < -0.3 is 5.73 Å². The van der Waals surface area contributed by atoms with Crippen LogP contribution in [0.1, 0.15) is 12.5 Å². The third-order valence-electron chi connectivity index (χ3n) is 2.74. The zero-order chi connectivity index (χ0) is 14.9. The third kappa shape index (κ3) is 2.96. The summed E-state index contributed by atoms with van der Waals surface area (Å²) in [4.78, 5) is -0.0215. The van der Waals surface area contributed by atoms with E-state index in [0.29, 0.717) is 16.7 Å². The number of sulfonamides is 1. The van der Waals surface area contributed by atoms with Crippen LogP contribution in [-0.4, -0.2) is 18.2 Å². The molecule has 0 amide bonds. The normalized spacial score (nSPS) is 11.6. The number of nitrogens with zero attached hydrogens (tertiary/aromatic N) is 2. The van der Waals surface area contributed by atoms with Crippen molar-refractivity contribution in [3.05, 3.63) is 34.4 Å². The molecule has 20 heavy (non-hydrogen) atoms. The number of benzene rings is 1. The second-order valence-electron chi connectivity index (χ2n) is 4.32. The number of nitrogens with one attached hydrogen (secondary N) is 1. The van der Waals surface area contributed by atoms with Gasteiger partial charge in [-0.2, -0.15) is 5.10 Å². The first-order valence-electron chi connectivity index (χ1n) is 5.95. The summed E-state index contributed by atoms with van der Waals surface area (Å²) in [6, 6.07) is 5.34. The number of aromatic nitrogens is 2. The minimum absolute atomic E-state index is 0.0115. The maximum absolute atomic E-state index is 12.3. The molecule has 0 atom stereocenters. The standard InChI is InChI=1S/C12H15BrN4O2S/c1-3-17-7-11(12(14)15-17)20(18,19)16-10-5-4-8(2)6-9(10)13/h4-7,16H,3H2,1-2H3,(H2,14,15). The van der Waals surface area contributed by atoms with Gasteiger partial charge in [-0.25, -0.2) is 8.42 Å². The second kappa shape index (κ2) is 5.45. The lowest BCUT2D eigenvalue weighted by atomic mass is 10.2. The third-order valence-corrected chi connectivity index (χ3v) is 4.78. The Balaban J connectivity index is 2.38. The van der Waals surface area contributed by atoms with E-state index in [4.69, 9.17) is 5.73 Å². The molecule has 108 valence electrons. The summed E-state index contributed by atoms with van der Waals surface area (Å²) >= 11 is 3.33. The van der Waals surface area contributed by atoms with Gasteiger partial charge in [-0.05, 0) is 47.5 Å². The molecule has 0 spiro atoms. The molecule has 0 aliphatic rings. The zero-order valence-corrected chi connectivity index (χ0v) is 13.5. The highest BCUT2D eigenvalue weighted by Gasteiger charge is 2.21. The van der Waals surface area contributed by atoms with Crippen LogP contribution in [0.15, 0.2) is 33.8 Å². The molecule has 0 bridgehead atoms. The van der Waals surface area contributed by atoms with E-state index in [2.05, 4.69) is 25.8 Å². The Kier molecular flexibility index (Phi) is 4.05. The Morgan fingerprint density at radius 3 is 2.70 bits per heavy atom. The van der Waals surface area contributed by atoms with Gasteiger partial charge in [-0.3, -0.25) is 9.40 Å². The maximum Gasteiger partial charge on any atom is 0.267 e. The molecule has 0 saturated carbocycles. The maximum atomic E-state index is 12.3. The average molecular weight is 359 g/mol. The van der Waals surface area contributed by atoms with E-state index in [1.807, 2.05) is 26.0 Å². The molecule has 0 aliphatic heterocycles. The van der Waals surface area contributed by atoms with Crippen LogP contribution < -0.4 is 10.5 Å². The molecular formula is C12H15BrN4O2S. The molecule has 0 radical (unpaired) electrons. The minimum atomic E-state index is -3.76. The molecule has 8 heteroatoms. The highest BCUT2D eigenvalue weighted by molar-refractivity contribution is 9.10. The molecular weight excluding hydrogens is 344 g/mol. The quantitative estimate of drug-likeness (QED) is 0.877. The fourth-order valence-electron chi connectivity index (χ4n) is 1.69. The van der Waals surface area contributed by atoms with Crippen LogP contribution in [0.3, 0.4) is 0 Å². The molecule has 1 heterocycles. The van der Waals surface area contributed by atoms with Crippen molar-refractivity contribution >= 4 is 37.5 Å². The van der Waals surface area contributed by atoms with Crippen LogP contribution in [0.4, 0.5) is 11.5 Å². The Morgan fingerprint density at radius 1 is 1.45 bits per heavy atom. The number of aryl methyl sites for hydroxylation is 2. The summed E-state index contributed by atoms with van der Waals surface area (Å²) < 4.78 is 29.3. The summed E-state index contributed by atoms with van der Waals surface area (Å²) in [5, 5.41) is 3.94. The SMILES string of the molecule is CCn1cc(S(=O)(=O)Nc2ccc(C)cc2Br)c(N)n1. The van der Waals surface area contributed by atoms with Crippen molar-refractivity contribution in [1.82, 2.24) is 9.78 Å². The first-order chi connectivity index (χ1) is 9.33. The van der Waals surface area contributed by atoms with Crippen LogP contribution in [0.25, 0.3) is 0 Å². The van der Waals surface area contributed by atoms with Gasteiger partial charge in [-0.1, -0.05) is 6.07 Å². The Labute approximate surface area is 126 Å². The number of hydrogen-bond acceptors (Lipinski definition) is 4. The molecule has 0 fully saturated rings. The predicted octanol–water partition coefficient (Wildman–Crippen LogP) is 2.36. The van der Waals surface area contributed by atoms with Crippen molar-refractivity contribution in [2.45, 2.75) is 25.3 Å². The second-order valence-corrected chi connectivity index (χ2v) is 6.83. The van der Waals surface area contributed by atoms with E-state index < -0.39 is 10.0 Å². The number of nitrogen functional groups attached to an aromatic ring is 1. The van der Waals surface area contributed by atoms with E-state index >= 15 is 0 Å². The fraction of sp³-hybridized carbons (Fsp3) is 0.250. The van der Waals surface area contributed by atoms with Crippen molar-refractivity contribution in [3.8, 4) is 0 Å². The Hall–Kier alpha value is -1.54. The Morgan fingerprint density at radius 2 is 2.15 bits per heavy atom. The van der Waals surface area contributed by atoms with Gasteiger partial charge in [0, 0.05) is 17.2 Å². The fourth-order valence-corrected chi connectivity index (χ4v) is 3.57. The van der Waals surface area contributed by atoms with Gasteiger partial charge in [0.15, 0.2) is 5.82 Å². The number of halogens is 1. The molecule has 2 aromatic rings. The molecule has 6 nitrogen and oxygen atoms in total. The summed E-state index contributed by atoms with van der Waals surface area (Å²) in [5.41, 5.74) is 7.14. The molecule has 1 aromatic carbocycles. The number of nitrogens with two attached hydrogens (primary N) is 1. The molecule has 1 aromatic heterocycles. The molecule has 0 aliphatic carbocycles. The summed E-state index contributed by atoms with van der Waals surface area (Å²) in [6.45, 7) is 4.33. The molecule has 3 N–H and O–H groups in total. The van der Waals surface area contributed by atoms with Crippen molar-refractivity contribution < 1.29 is 8.42 Å². The molecule has 0 saturated heterocycles. The van der Waals surface area contributed by atoms with E-state index in [0.717, 1.165) is 5.56 Å². The van der Waals surface area contributed by atoms with Crippen LogP contribution in [-0.2, 0) is 16.6 Å². The van der Waals surface area contributed by atoms with Crippen LogP contribution in [0.5, 0.6) is 0 Å². The molecule has 0 unspecified atom stereocenters.